The Balaban J connectivity index is 0.000000980. The predicted molar refractivity (Wildman–Crippen MR) is 63.6 cm³/mol. The summed E-state index contributed by atoms with van der Waals surface area (Å²) >= 11 is 0. The summed E-state index contributed by atoms with van der Waals surface area (Å²) in [4.78, 5) is 0. The smallest absolute Gasteiger partial charge is 0.0269 e. The SMILES string of the molecule is C[C@H](N)c1cccc2c1CCC=C2.Cl. The van der Waals surface area contributed by atoms with Crippen LogP contribution < -0.4 is 5.73 Å². The van der Waals surface area contributed by atoms with E-state index < -0.39 is 0 Å². The third-order valence-electron chi connectivity index (χ3n) is 2.60. The molecule has 0 saturated carbocycles. The fourth-order valence-corrected chi connectivity index (χ4v) is 1.93. The Bertz CT molecular complexity index is 342. The van der Waals surface area contributed by atoms with Crippen LogP contribution in [0.1, 0.15) is 36.1 Å². The van der Waals surface area contributed by atoms with E-state index >= 15 is 0 Å². The fourth-order valence-electron chi connectivity index (χ4n) is 1.93. The first kappa shape index (κ1) is 11.3. The summed E-state index contributed by atoms with van der Waals surface area (Å²) in [5.41, 5.74) is 10.0. The second-order valence-corrected chi connectivity index (χ2v) is 3.64. The van der Waals surface area contributed by atoms with E-state index in [1.54, 1.807) is 0 Å². The van der Waals surface area contributed by atoms with Gasteiger partial charge in [0.25, 0.3) is 0 Å². The molecule has 0 aromatic heterocycles. The second-order valence-electron chi connectivity index (χ2n) is 3.64. The normalized spacial score (nSPS) is 15.6. The van der Waals surface area contributed by atoms with Crippen molar-refractivity contribution in [3.8, 4) is 0 Å². The maximum absolute atomic E-state index is 5.91. The third-order valence-corrected chi connectivity index (χ3v) is 2.60. The molecule has 0 bridgehead atoms. The van der Waals surface area contributed by atoms with Gasteiger partial charge in [-0.25, -0.2) is 0 Å². The van der Waals surface area contributed by atoms with E-state index in [1.165, 1.54) is 16.7 Å². The van der Waals surface area contributed by atoms with Gasteiger partial charge in [0.15, 0.2) is 0 Å². The summed E-state index contributed by atoms with van der Waals surface area (Å²) < 4.78 is 0. The zero-order valence-electron chi connectivity index (χ0n) is 8.36. The van der Waals surface area contributed by atoms with Gasteiger partial charge < -0.3 is 5.73 Å². The van der Waals surface area contributed by atoms with Gasteiger partial charge in [-0.3, -0.25) is 0 Å². The van der Waals surface area contributed by atoms with Crippen molar-refractivity contribution in [2.45, 2.75) is 25.8 Å². The van der Waals surface area contributed by atoms with Crippen molar-refractivity contribution in [2.75, 3.05) is 0 Å². The zero-order chi connectivity index (χ0) is 9.26. The number of benzene rings is 1. The van der Waals surface area contributed by atoms with Gasteiger partial charge in [0.2, 0.25) is 0 Å². The molecule has 0 amide bonds. The molecule has 2 rings (SSSR count). The summed E-state index contributed by atoms with van der Waals surface area (Å²) in [5.74, 6) is 0. The lowest BCUT2D eigenvalue weighted by Crippen LogP contribution is -2.10. The molecule has 0 saturated heterocycles. The lowest BCUT2D eigenvalue weighted by atomic mass is 9.90. The number of allylic oxidation sites excluding steroid dienone is 1. The van der Waals surface area contributed by atoms with E-state index in [2.05, 4.69) is 30.4 Å². The molecule has 1 aliphatic carbocycles. The van der Waals surface area contributed by atoms with Crippen LogP contribution in [0, 0.1) is 0 Å². The summed E-state index contributed by atoms with van der Waals surface area (Å²) in [7, 11) is 0. The van der Waals surface area contributed by atoms with Gasteiger partial charge in [-0.1, -0.05) is 30.4 Å². The van der Waals surface area contributed by atoms with Crippen LogP contribution >= 0.6 is 12.4 Å². The molecule has 1 aromatic rings. The van der Waals surface area contributed by atoms with Crippen LogP contribution in [0.2, 0.25) is 0 Å². The predicted octanol–water partition coefficient (Wildman–Crippen LogP) is 3.09. The van der Waals surface area contributed by atoms with Crippen molar-refractivity contribution in [2.24, 2.45) is 5.73 Å². The largest absolute Gasteiger partial charge is 0.324 e. The van der Waals surface area contributed by atoms with E-state index in [0.717, 1.165) is 12.8 Å². The van der Waals surface area contributed by atoms with Gasteiger partial charge in [-0.2, -0.15) is 0 Å². The molecule has 76 valence electrons. The topological polar surface area (TPSA) is 26.0 Å². The number of rotatable bonds is 1. The Hall–Kier alpha value is -0.790. The third kappa shape index (κ3) is 1.99. The van der Waals surface area contributed by atoms with Crippen LogP contribution in [-0.2, 0) is 6.42 Å². The maximum Gasteiger partial charge on any atom is 0.0269 e. The molecule has 1 aliphatic rings. The van der Waals surface area contributed by atoms with E-state index in [9.17, 15) is 0 Å². The van der Waals surface area contributed by atoms with Crippen molar-refractivity contribution < 1.29 is 0 Å². The summed E-state index contributed by atoms with van der Waals surface area (Å²) in [6.45, 7) is 2.05. The average molecular weight is 210 g/mol. The molecule has 2 heteroatoms. The first-order valence-corrected chi connectivity index (χ1v) is 4.83. The van der Waals surface area contributed by atoms with Gasteiger partial charge in [0, 0.05) is 6.04 Å². The van der Waals surface area contributed by atoms with Crippen molar-refractivity contribution in [1.82, 2.24) is 0 Å². The standard InChI is InChI=1S/C12H15N.ClH/c1-9(13)11-8-4-6-10-5-2-3-7-12(10)11;/h2,4-6,8-9H,3,7,13H2,1H3;1H/t9-;/m0./s1. The Morgan fingerprint density at radius 1 is 1.36 bits per heavy atom. The van der Waals surface area contributed by atoms with Crippen LogP contribution in [0.3, 0.4) is 0 Å². The summed E-state index contributed by atoms with van der Waals surface area (Å²) in [5, 5.41) is 0. The highest BCUT2D eigenvalue weighted by atomic mass is 35.5. The van der Waals surface area contributed by atoms with Crippen LogP contribution in [0.25, 0.3) is 6.08 Å². The minimum Gasteiger partial charge on any atom is -0.324 e. The molecule has 0 spiro atoms. The number of halogens is 1. The number of nitrogens with two attached hydrogens (primary N) is 1. The quantitative estimate of drug-likeness (QED) is 0.756. The van der Waals surface area contributed by atoms with Crippen molar-refractivity contribution >= 4 is 18.5 Å². The molecule has 0 radical (unpaired) electrons. The number of fused-ring (bicyclic) bond motifs is 1. The first-order chi connectivity index (χ1) is 6.29. The summed E-state index contributed by atoms with van der Waals surface area (Å²) in [6.07, 6.45) is 6.72. The second kappa shape index (κ2) is 4.63. The molecule has 14 heavy (non-hydrogen) atoms. The van der Waals surface area contributed by atoms with Gasteiger partial charge in [-0.15, -0.1) is 12.4 Å². The molecular formula is C12H16ClN. The average Bonchev–Trinajstić information content (AvgIpc) is 2.17. The van der Waals surface area contributed by atoms with Crippen molar-refractivity contribution in [3.05, 3.63) is 41.0 Å². The van der Waals surface area contributed by atoms with Crippen LogP contribution in [0.4, 0.5) is 0 Å². The van der Waals surface area contributed by atoms with Crippen LogP contribution in [0.5, 0.6) is 0 Å². The monoisotopic (exact) mass is 209 g/mol. The highest BCUT2D eigenvalue weighted by molar-refractivity contribution is 5.85. The van der Waals surface area contributed by atoms with Gasteiger partial charge >= 0.3 is 0 Å². The molecule has 2 N–H and O–H groups in total. The van der Waals surface area contributed by atoms with E-state index in [0.29, 0.717) is 0 Å². The maximum atomic E-state index is 5.91. The first-order valence-electron chi connectivity index (χ1n) is 4.83. The van der Waals surface area contributed by atoms with Crippen molar-refractivity contribution in [3.63, 3.8) is 0 Å². The minimum atomic E-state index is 0. The molecule has 0 heterocycles. The molecule has 0 aliphatic heterocycles. The zero-order valence-corrected chi connectivity index (χ0v) is 9.18. The molecular weight excluding hydrogens is 194 g/mol. The Kier molecular flexibility index (Phi) is 3.73. The van der Waals surface area contributed by atoms with Gasteiger partial charge in [0.1, 0.15) is 0 Å². The van der Waals surface area contributed by atoms with Gasteiger partial charge in [0.05, 0.1) is 0 Å². The molecule has 1 atom stereocenters. The van der Waals surface area contributed by atoms with Crippen molar-refractivity contribution in [1.29, 1.82) is 0 Å². The molecule has 1 nitrogen and oxygen atoms in total. The minimum absolute atomic E-state index is 0. The highest BCUT2D eigenvalue weighted by Crippen LogP contribution is 2.25. The van der Waals surface area contributed by atoms with Gasteiger partial charge in [-0.05, 0) is 36.5 Å². The van der Waals surface area contributed by atoms with Crippen LogP contribution in [-0.4, -0.2) is 0 Å². The summed E-state index contributed by atoms with van der Waals surface area (Å²) in [6, 6.07) is 6.55. The lowest BCUT2D eigenvalue weighted by Gasteiger charge is -2.17. The van der Waals surface area contributed by atoms with E-state index in [4.69, 9.17) is 5.73 Å². The molecule has 0 fully saturated rings. The number of hydrogen-bond donors (Lipinski definition) is 1. The van der Waals surface area contributed by atoms with E-state index in [1.807, 2.05) is 6.92 Å². The molecule has 0 unspecified atom stereocenters. The Labute approximate surface area is 91.4 Å². The van der Waals surface area contributed by atoms with Crippen LogP contribution in [0.15, 0.2) is 24.3 Å². The van der Waals surface area contributed by atoms with E-state index in [-0.39, 0.29) is 18.4 Å². The highest BCUT2D eigenvalue weighted by Gasteiger charge is 2.11. The Morgan fingerprint density at radius 3 is 2.86 bits per heavy atom. The Morgan fingerprint density at radius 2 is 2.14 bits per heavy atom. The number of hydrogen-bond acceptors (Lipinski definition) is 1. The fraction of sp³-hybridized carbons (Fsp3) is 0.333. The molecule has 1 aromatic carbocycles. The lowest BCUT2D eigenvalue weighted by molar-refractivity contribution is 0.791.